The normalized spacial score (nSPS) is 12.3. The van der Waals surface area contributed by atoms with E-state index in [0.29, 0.717) is 17.1 Å². The molecule has 152 valence electrons. The fourth-order valence-corrected chi connectivity index (χ4v) is 3.64. The van der Waals surface area contributed by atoms with Gasteiger partial charge in [0.05, 0.1) is 26.8 Å². The molecule has 10 heteroatoms. The lowest BCUT2D eigenvalue weighted by Crippen LogP contribution is -2.38. The first-order valence-electron chi connectivity index (χ1n) is 8.14. The van der Waals surface area contributed by atoms with Crippen LogP contribution in [0, 0.1) is 11.6 Å². The molecule has 7 nitrogen and oxygen atoms in total. The van der Waals surface area contributed by atoms with Gasteiger partial charge in [-0.25, -0.2) is 21.9 Å². The van der Waals surface area contributed by atoms with Crippen molar-refractivity contribution < 1.29 is 31.5 Å². The molecule has 28 heavy (non-hydrogen) atoms. The van der Waals surface area contributed by atoms with Gasteiger partial charge in [-0.3, -0.25) is 4.79 Å². The molecule has 0 saturated carbocycles. The molecule has 0 saturated heterocycles. The Morgan fingerprint density at radius 2 is 1.75 bits per heavy atom. The van der Waals surface area contributed by atoms with Gasteiger partial charge in [0.25, 0.3) is 0 Å². The van der Waals surface area contributed by atoms with Crippen molar-refractivity contribution in [2.45, 2.75) is 17.9 Å². The Kier molecular flexibility index (Phi) is 6.92. The van der Waals surface area contributed by atoms with Gasteiger partial charge in [0, 0.05) is 5.56 Å². The molecule has 0 aromatic heterocycles. The molecule has 0 aliphatic carbocycles. The van der Waals surface area contributed by atoms with E-state index in [9.17, 15) is 22.0 Å². The number of sulfonamides is 1. The summed E-state index contributed by atoms with van der Waals surface area (Å²) in [4.78, 5) is 11.0. The van der Waals surface area contributed by atoms with Crippen LogP contribution in [0.5, 0.6) is 11.5 Å². The molecule has 0 fully saturated rings. The molecule has 2 aromatic rings. The third-order valence-corrected chi connectivity index (χ3v) is 5.34. The van der Waals surface area contributed by atoms with Crippen molar-refractivity contribution in [2.24, 2.45) is 0 Å². The number of ether oxygens (including phenoxy) is 2. The highest BCUT2D eigenvalue weighted by molar-refractivity contribution is 7.89. The molecule has 0 unspecified atom stereocenters. The lowest BCUT2D eigenvalue weighted by molar-refractivity contribution is -0.120. The van der Waals surface area contributed by atoms with Gasteiger partial charge in [-0.05, 0) is 37.3 Å². The zero-order chi connectivity index (χ0) is 20.9. The van der Waals surface area contributed by atoms with Gasteiger partial charge in [-0.2, -0.15) is 0 Å². The van der Waals surface area contributed by atoms with E-state index in [4.69, 9.17) is 9.47 Å². The highest BCUT2D eigenvalue weighted by Crippen LogP contribution is 2.29. The molecule has 1 amide bonds. The summed E-state index contributed by atoms with van der Waals surface area (Å²) < 4.78 is 63.8. The van der Waals surface area contributed by atoms with E-state index in [0.717, 1.165) is 18.2 Å². The third-order valence-electron chi connectivity index (χ3n) is 3.89. The minimum Gasteiger partial charge on any atom is -0.497 e. The first-order chi connectivity index (χ1) is 13.2. The van der Waals surface area contributed by atoms with Crippen LogP contribution < -0.4 is 19.5 Å². The lowest BCUT2D eigenvalue weighted by Gasteiger charge is -2.18. The number of rotatable bonds is 8. The van der Waals surface area contributed by atoms with Gasteiger partial charge in [0.15, 0.2) is 4.90 Å². The molecular weight excluding hydrogens is 394 g/mol. The van der Waals surface area contributed by atoms with Gasteiger partial charge < -0.3 is 14.8 Å². The van der Waals surface area contributed by atoms with Crippen LogP contribution in [-0.4, -0.2) is 35.1 Å². The molecule has 0 heterocycles. The average molecular weight is 414 g/mol. The average Bonchev–Trinajstić information content (AvgIpc) is 2.65. The van der Waals surface area contributed by atoms with Crippen molar-refractivity contribution in [2.75, 3.05) is 20.8 Å². The molecule has 2 rings (SSSR count). The van der Waals surface area contributed by atoms with Crippen LogP contribution in [0.15, 0.2) is 41.3 Å². The summed E-state index contributed by atoms with van der Waals surface area (Å²) in [5.74, 6) is -2.14. The Bertz CT molecular complexity index is 946. The van der Waals surface area contributed by atoms with Crippen LogP contribution in [0.25, 0.3) is 0 Å². The zero-order valence-electron chi connectivity index (χ0n) is 15.5. The zero-order valence-corrected chi connectivity index (χ0v) is 16.3. The van der Waals surface area contributed by atoms with E-state index in [2.05, 4.69) is 5.32 Å². The standard InChI is InChI=1S/C18H20F2N2O5S/c1-11(13-9-12(26-2)7-8-16(13)27-3)22-17(23)10-21-28(24,25)18-14(19)5-4-6-15(18)20/h4-9,11,21H,10H2,1-3H3,(H,22,23)/t11-/m0/s1. The maximum absolute atomic E-state index is 13.7. The number of carbonyl (C=O) groups excluding carboxylic acids is 1. The number of hydrogen-bond donors (Lipinski definition) is 2. The van der Waals surface area contributed by atoms with Gasteiger partial charge in [0.1, 0.15) is 23.1 Å². The van der Waals surface area contributed by atoms with Crippen LogP contribution in [0.2, 0.25) is 0 Å². The van der Waals surface area contributed by atoms with E-state index in [1.807, 2.05) is 4.72 Å². The van der Waals surface area contributed by atoms with E-state index in [-0.39, 0.29) is 0 Å². The topological polar surface area (TPSA) is 93.7 Å². The number of nitrogens with one attached hydrogen (secondary N) is 2. The SMILES string of the molecule is COc1ccc(OC)c([C@H](C)NC(=O)CNS(=O)(=O)c2c(F)cccc2F)c1. The summed E-state index contributed by atoms with van der Waals surface area (Å²) in [5.41, 5.74) is 0.609. The van der Waals surface area contributed by atoms with Crippen molar-refractivity contribution >= 4 is 15.9 Å². The monoisotopic (exact) mass is 414 g/mol. The Balaban J connectivity index is 2.08. The molecule has 0 bridgehead atoms. The fraction of sp³-hybridized carbons (Fsp3) is 0.278. The summed E-state index contributed by atoms with van der Waals surface area (Å²) >= 11 is 0. The van der Waals surface area contributed by atoms with Crippen molar-refractivity contribution in [1.29, 1.82) is 0 Å². The summed E-state index contributed by atoms with van der Waals surface area (Å²) in [5, 5.41) is 2.59. The van der Waals surface area contributed by atoms with Crippen LogP contribution in [0.4, 0.5) is 8.78 Å². The van der Waals surface area contributed by atoms with Gasteiger partial charge in [0.2, 0.25) is 15.9 Å². The van der Waals surface area contributed by atoms with Crippen molar-refractivity contribution in [1.82, 2.24) is 10.0 Å². The van der Waals surface area contributed by atoms with E-state index < -0.39 is 45.0 Å². The Morgan fingerprint density at radius 1 is 1.11 bits per heavy atom. The first kappa shape index (κ1) is 21.6. The minimum atomic E-state index is -4.55. The quantitative estimate of drug-likeness (QED) is 0.690. The number of amides is 1. The second-order valence-electron chi connectivity index (χ2n) is 5.77. The summed E-state index contributed by atoms with van der Waals surface area (Å²) in [7, 11) is -1.59. The minimum absolute atomic E-state index is 0.502. The number of benzene rings is 2. The number of carbonyl (C=O) groups is 1. The van der Waals surface area contributed by atoms with Gasteiger partial charge >= 0.3 is 0 Å². The van der Waals surface area contributed by atoms with Gasteiger partial charge in [-0.1, -0.05) is 6.07 Å². The smallest absolute Gasteiger partial charge is 0.246 e. The van der Waals surface area contributed by atoms with Gasteiger partial charge in [-0.15, -0.1) is 0 Å². The highest BCUT2D eigenvalue weighted by atomic mass is 32.2. The summed E-state index contributed by atoms with van der Waals surface area (Å²) in [6.07, 6.45) is 0. The summed E-state index contributed by atoms with van der Waals surface area (Å²) in [6, 6.07) is 7.15. The fourth-order valence-electron chi connectivity index (χ4n) is 2.52. The Hall–Kier alpha value is -2.72. The van der Waals surface area contributed by atoms with E-state index >= 15 is 0 Å². The maximum atomic E-state index is 13.7. The van der Waals surface area contributed by atoms with Crippen molar-refractivity contribution in [3.63, 3.8) is 0 Å². The number of hydrogen-bond acceptors (Lipinski definition) is 5. The summed E-state index contributed by atoms with van der Waals surface area (Å²) in [6.45, 7) is 0.965. The largest absolute Gasteiger partial charge is 0.497 e. The maximum Gasteiger partial charge on any atom is 0.246 e. The van der Waals surface area contributed by atoms with Crippen molar-refractivity contribution in [3.05, 3.63) is 53.6 Å². The second-order valence-corrected chi connectivity index (χ2v) is 7.48. The molecule has 0 aliphatic rings. The third kappa shape index (κ3) is 4.96. The van der Waals surface area contributed by atoms with Crippen LogP contribution in [0.1, 0.15) is 18.5 Å². The Morgan fingerprint density at radius 3 is 2.32 bits per heavy atom. The molecule has 0 aliphatic heterocycles. The second kappa shape index (κ2) is 8.98. The molecule has 0 spiro atoms. The lowest BCUT2D eigenvalue weighted by atomic mass is 10.1. The highest BCUT2D eigenvalue weighted by Gasteiger charge is 2.24. The van der Waals surface area contributed by atoms with E-state index in [1.54, 1.807) is 25.1 Å². The van der Waals surface area contributed by atoms with Crippen molar-refractivity contribution in [3.8, 4) is 11.5 Å². The molecular formula is C18H20F2N2O5S. The Labute approximate surface area is 161 Å². The predicted octanol–water partition coefficient (Wildman–Crippen LogP) is 2.14. The van der Waals surface area contributed by atoms with E-state index in [1.165, 1.54) is 14.2 Å². The molecule has 2 N–H and O–H groups in total. The first-order valence-corrected chi connectivity index (χ1v) is 9.63. The molecule has 0 radical (unpaired) electrons. The molecule has 1 atom stereocenters. The number of halogens is 2. The van der Waals surface area contributed by atoms with Crippen LogP contribution in [-0.2, 0) is 14.8 Å². The van der Waals surface area contributed by atoms with Crippen LogP contribution in [0.3, 0.4) is 0 Å². The molecule has 2 aromatic carbocycles. The van der Waals surface area contributed by atoms with Crippen LogP contribution >= 0.6 is 0 Å². The predicted molar refractivity (Wildman–Crippen MR) is 97.7 cm³/mol. The number of methoxy groups -OCH3 is 2.